The van der Waals surface area contributed by atoms with Crippen LogP contribution in [0.15, 0.2) is 40.2 Å². The van der Waals surface area contributed by atoms with Crippen molar-refractivity contribution in [3.8, 4) is 0 Å². The fourth-order valence-corrected chi connectivity index (χ4v) is 2.93. The molecule has 18 heavy (non-hydrogen) atoms. The molecule has 1 amide bonds. The average Bonchev–Trinajstić information content (AvgIpc) is 2.76. The summed E-state index contributed by atoms with van der Waals surface area (Å²) >= 11 is 4.93. The SMILES string of the molecule is O=C(Cc1ccccc1F)NCc1ccc(Br)s1. The molecule has 1 aromatic heterocycles. The van der Waals surface area contributed by atoms with Crippen LogP contribution >= 0.6 is 27.3 Å². The van der Waals surface area contributed by atoms with E-state index in [1.165, 1.54) is 6.07 Å². The predicted molar refractivity (Wildman–Crippen MR) is 74.0 cm³/mol. The van der Waals surface area contributed by atoms with Crippen LogP contribution in [0.2, 0.25) is 0 Å². The summed E-state index contributed by atoms with van der Waals surface area (Å²) in [5.41, 5.74) is 0.419. The maximum Gasteiger partial charge on any atom is 0.224 e. The summed E-state index contributed by atoms with van der Waals surface area (Å²) in [6.07, 6.45) is 0.0687. The molecule has 0 atom stereocenters. The smallest absolute Gasteiger partial charge is 0.224 e. The first-order valence-corrected chi connectivity index (χ1v) is 7.00. The number of thiophene rings is 1. The molecular weight excluding hydrogens is 317 g/mol. The lowest BCUT2D eigenvalue weighted by Crippen LogP contribution is -2.24. The molecule has 0 aliphatic heterocycles. The van der Waals surface area contributed by atoms with Crippen molar-refractivity contribution in [3.63, 3.8) is 0 Å². The van der Waals surface area contributed by atoms with Gasteiger partial charge in [-0.2, -0.15) is 0 Å². The highest BCUT2D eigenvalue weighted by Gasteiger charge is 2.07. The molecule has 0 fully saturated rings. The molecular formula is C13H11BrFNOS. The van der Waals surface area contributed by atoms with Gasteiger partial charge in [-0.15, -0.1) is 11.3 Å². The van der Waals surface area contributed by atoms with Crippen LogP contribution < -0.4 is 5.32 Å². The number of halogens is 2. The molecule has 1 aromatic carbocycles. The molecule has 0 saturated heterocycles. The van der Waals surface area contributed by atoms with E-state index in [4.69, 9.17) is 0 Å². The molecule has 1 N–H and O–H groups in total. The quantitative estimate of drug-likeness (QED) is 0.914. The maximum absolute atomic E-state index is 13.3. The topological polar surface area (TPSA) is 29.1 Å². The minimum absolute atomic E-state index is 0.0687. The number of benzene rings is 1. The summed E-state index contributed by atoms with van der Waals surface area (Å²) in [6, 6.07) is 10.2. The molecule has 0 bridgehead atoms. The monoisotopic (exact) mass is 327 g/mol. The van der Waals surface area contributed by atoms with Crippen molar-refractivity contribution in [1.82, 2.24) is 5.32 Å². The van der Waals surface area contributed by atoms with Gasteiger partial charge in [-0.3, -0.25) is 4.79 Å². The number of rotatable bonds is 4. The highest BCUT2D eigenvalue weighted by atomic mass is 79.9. The van der Waals surface area contributed by atoms with Crippen LogP contribution in [0.4, 0.5) is 4.39 Å². The normalized spacial score (nSPS) is 10.3. The van der Waals surface area contributed by atoms with Crippen molar-refractivity contribution in [1.29, 1.82) is 0 Å². The van der Waals surface area contributed by atoms with Crippen molar-refractivity contribution in [2.45, 2.75) is 13.0 Å². The summed E-state index contributed by atoms with van der Waals surface area (Å²) in [4.78, 5) is 12.7. The van der Waals surface area contributed by atoms with Crippen LogP contribution in [0, 0.1) is 5.82 Å². The molecule has 2 rings (SSSR count). The van der Waals surface area contributed by atoms with E-state index in [1.807, 2.05) is 12.1 Å². The summed E-state index contributed by atoms with van der Waals surface area (Å²) in [5.74, 6) is -0.517. The fourth-order valence-electron chi connectivity index (χ4n) is 1.51. The molecule has 0 unspecified atom stereocenters. The Bertz CT molecular complexity index is 555. The third kappa shape index (κ3) is 3.65. The van der Waals surface area contributed by atoms with Crippen molar-refractivity contribution < 1.29 is 9.18 Å². The summed E-state index contributed by atoms with van der Waals surface area (Å²) in [7, 11) is 0. The summed E-state index contributed by atoms with van der Waals surface area (Å²) < 4.78 is 14.4. The van der Waals surface area contributed by atoms with Crippen LogP contribution in [0.25, 0.3) is 0 Å². The highest BCUT2D eigenvalue weighted by molar-refractivity contribution is 9.11. The highest BCUT2D eigenvalue weighted by Crippen LogP contribution is 2.21. The molecule has 1 heterocycles. The van der Waals surface area contributed by atoms with E-state index in [1.54, 1.807) is 29.5 Å². The van der Waals surface area contributed by atoms with Gasteiger partial charge in [0.15, 0.2) is 0 Å². The van der Waals surface area contributed by atoms with E-state index in [9.17, 15) is 9.18 Å². The van der Waals surface area contributed by atoms with Gasteiger partial charge in [0.1, 0.15) is 5.82 Å². The zero-order valence-corrected chi connectivity index (χ0v) is 11.9. The van der Waals surface area contributed by atoms with Crippen molar-refractivity contribution in [2.24, 2.45) is 0 Å². The van der Waals surface area contributed by atoms with Crippen LogP contribution in [-0.2, 0) is 17.8 Å². The number of amides is 1. The van der Waals surface area contributed by atoms with Gasteiger partial charge >= 0.3 is 0 Å². The molecule has 0 spiro atoms. The maximum atomic E-state index is 13.3. The Morgan fingerprint density at radius 1 is 1.28 bits per heavy atom. The van der Waals surface area contributed by atoms with Crippen LogP contribution in [0.1, 0.15) is 10.4 Å². The second kappa shape index (κ2) is 6.11. The lowest BCUT2D eigenvalue weighted by molar-refractivity contribution is -0.120. The molecule has 0 aliphatic rings. The number of carbonyl (C=O) groups is 1. The predicted octanol–water partition coefficient (Wildman–Crippen LogP) is 3.51. The van der Waals surface area contributed by atoms with E-state index in [-0.39, 0.29) is 18.1 Å². The number of hydrogen-bond acceptors (Lipinski definition) is 2. The van der Waals surface area contributed by atoms with Gasteiger partial charge in [0.2, 0.25) is 5.91 Å². The van der Waals surface area contributed by atoms with Crippen molar-refractivity contribution >= 4 is 33.2 Å². The Kier molecular flexibility index (Phi) is 4.49. The molecule has 0 radical (unpaired) electrons. The van der Waals surface area contributed by atoms with Gasteiger partial charge in [-0.1, -0.05) is 18.2 Å². The molecule has 0 saturated carbocycles. The fraction of sp³-hybridized carbons (Fsp3) is 0.154. The van der Waals surface area contributed by atoms with Gasteiger partial charge < -0.3 is 5.32 Å². The first-order chi connectivity index (χ1) is 8.65. The van der Waals surface area contributed by atoms with Gasteiger partial charge in [0.25, 0.3) is 0 Å². The first kappa shape index (κ1) is 13.2. The zero-order valence-electron chi connectivity index (χ0n) is 9.45. The second-order valence-corrected chi connectivity index (χ2v) is 6.30. The number of nitrogens with one attached hydrogen (secondary N) is 1. The number of hydrogen-bond donors (Lipinski definition) is 1. The van der Waals surface area contributed by atoms with Gasteiger partial charge in [-0.05, 0) is 39.7 Å². The molecule has 0 aliphatic carbocycles. The molecule has 2 aromatic rings. The van der Waals surface area contributed by atoms with Gasteiger partial charge in [0, 0.05) is 4.88 Å². The average molecular weight is 328 g/mol. The molecule has 5 heteroatoms. The summed E-state index contributed by atoms with van der Waals surface area (Å²) in [6.45, 7) is 0.476. The molecule has 94 valence electrons. The first-order valence-electron chi connectivity index (χ1n) is 5.39. The Morgan fingerprint density at radius 2 is 2.06 bits per heavy atom. The van der Waals surface area contributed by atoms with Gasteiger partial charge in [-0.25, -0.2) is 4.39 Å². The van der Waals surface area contributed by atoms with E-state index in [2.05, 4.69) is 21.2 Å². The standard InChI is InChI=1S/C13H11BrFNOS/c14-12-6-5-10(18-12)8-16-13(17)7-9-3-1-2-4-11(9)15/h1-6H,7-8H2,(H,16,17). The third-order valence-electron chi connectivity index (χ3n) is 2.40. The third-order valence-corrected chi connectivity index (χ3v) is 4.02. The van der Waals surface area contributed by atoms with Crippen molar-refractivity contribution in [2.75, 3.05) is 0 Å². The Hall–Kier alpha value is -1.20. The summed E-state index contributed by atoms with van der Waals surface area (Å²) in [5, 5.41) is 2.77. The van der Waals surface area contributed by atoms with Crippen molar-refractivity contribution in [3.05, 3.63) is 56.4 Å². The number of carbonyl (C=O) groups excluding carboxylic acids is 1. The van der Waals surface area contributed by atoms with Crippen LogP contribution in [0.5, 0.6) is 0 Å². The Balaban J connectivity index is 1.88. The van der Waals surface area contributed by atoms with Gasteiger partial charge in [0.05, 0.1) is 16.8 Å². The second-order valence-electron chi connectivity index (χ2n) is 3.75. The van der Waals surface area contributed by atoms with Crippen LogP contribution in [0.3, 0.4) is 0 Å². The van der Waals surface area contributed by atoms with E-state index >= 15 is 0 Å². The largest absolute Gasteiger partial charge is 0.351 e. The van der Waals surface area contributed by atoms with E-state index < -0.39 is 0 Å². The lowest BCUT2D eigenvalue weighted by atomic mass is 10.1. The minimum Gasteiger partial charge on any atom is -0.351 e. The zero-order chi connectivity index (χ0) is 13.0. The Labute approximate surface area is 117 Å². The lowest BCUT2D eigenvalue weighted by Gasteiger charge is -2.04. The molecule has 2 nitrogen and oxygen atoms in total. The van der Waals surface area contributed by atoms with E-state index in [0.717, 1.165) is 8.66 Å². The van der Waals surface area contributed by atoms with E-state index in [0.29, 0.717) is 12.1 Å². The minimum atomic E-state index is -0.341. The van der Waals surface area contributed by atoms with Crippen LogP contribution in [-0.4, -0.2) is 5.91 Å². The Morgan fingerprint density at radius 3 is 2.72 bits per heavy atom.